The van der Waals surface area contributed by atoms with Crippen LogP contribution in [0.1, 0.15) is 10.5 Å². The first-order chi connectivity index (χ1) is 5.27. The smallest absolute Gasteiger partial charge is 0.271 e. The first kappa shape index (κ1) is 8.73. The molecule has 0 radical (unpaired) electrons. The van der Waals surface area contributed by atoms with E-state index in [1.807, 2.05) is 0 Å². The van der Waals surface area contributed by atoms with E-state index in [4.69, 9.17) is 5.73 Å². The van der Waals surface area contributed by atoms with Crippen molar-refractivity contribution < 1.29 is 4.79 Å². The molecule has 6 heteroatoms. The summed E-state index contributed by atoms with van der Waals surface area (Å²) in [4.78, 5) is 11.1. The predicted octanol–water partition coefficient (Wildman–Crippen LogP) is -0.264. The highest BCUT2D eigenvalue weighted by atomic mass is 35.5. The number of nitrogens with two attached hydrogens (primary N) is 1. The summed E-state index contributed by atoms with van der Waals surface area (Å²) >= 11 is 0. The fourth-order valence-corrected chi connectivity index (χ4v) is 1.08. The summed E-state index contributed by atoms with van der Waals surface area (Å²) < 4.78 is 1.62. The van der Waals surface area contributed by atoms with Gasteiger partial charge < -0.3 is 16.5 Å². The number of fused-ring (bicyclic) bond motifs is 1. The van der Waals surface area contributed by atoms with E-state index in [1.54, 1.807) is 16.9 Å². The molecule has 1 aromatic heterocycles. The number of amides is 1. The van der Waals surface area contributed by atoms with Crippen LogP contribution in [-0.4, -0.2) is 17.3 Å². The number of hydrogen-bond acceptors (Lipinski definition) is 3. The van der Waals surface area contributed by atoms with E-state index < -0.39 is 0 Å². The van der Waals surface area contributed by atoms with Gasteiger partial charge in [0.25, 0.3) is 5.91 Å². The van der Waals surface area contributed by atoms with Crippen molar-refractivity contribution in [3.63, 3.8) is 0 Å². The first-order valence-corrected chi connectivity index (χ1v) is 3.27. The second-order valence-corrected chi connectivity index (χ2v) is 2.37. The van der Waals surface area contributed by atoms with Crippen LogP contribution in [0.3, 0.4) is 0 Å². The Hall–Kier alpha value is -1.36. The molecule has 2 heterocycles. The lowest BCUT2D eigenvalue weighted by molar-refractivity contribution is 0.0936. The highest BCUT2D eigenvalue weighted by Gasteiger charge is 2.15. The average Bonchev–Trinajstić information content (AvgIpc) is 2.31. The van der Waals surface area contributed by atoms with Gasteiger partial charge in [-0.1, -0.05) is 0 Å². The summed E-state index contributed by atoms with van der Waals surface area (Å²) in [5.41, 5.74) is 9.54. The zero-order valence-electron chi connectivity index (χ0n) is 6.20. The van der Waals surface area contributed by atoms with Gasteiger partial charge in [-0.15, -0.1) is 12.4 Å². The minimum absolute atomic E-state index is 0. The molecule has 66 valence electrons. The molecule has 0 saturated heterocycles. The third kappa shape index (κ3) is 1.18. The van der Waals surface area contributed by atoms with Gasteiger partial charge in [-0.25, -0.2) is 0 Å². The van der Waals surface area contributed by atoms with Gasteiger partial charge in [0.2, 0.25) is 0 Å². The van der Waals surface area contributed by atoms with Crippen LogP contribution in [0.2, 0.25) is 0 Å². The molecule has 0 bridgehead atoms. The van der Waals surface area contributed by atoms with Crippen molar-refractivity contribution in [3.8, 4) is 0 Å². The van der Waals surface area contributed by atoms with Gasteiger partial charge in [-0.2, -0.15) is 0 Å². The van der Waals surface area contributed by atoms with Gasteiger partial charge in [-0.3, -0.25) is 9.47 Å². The van der Waals surface area contributed by atoms with Crippen molar-refractivity contribution in [3.05, 3.63) is 18.0 Å². The maximum absolute atomic E-state index is 11.1. The van der Waals surface area contributed by atoms with E-state index in [1.165, 1.54) is 0 Å². The summed E-state index contributed by atoms with van der Waals surface area (Å²) in [7, 11) is 0. The van der Waals surface area contributed by atoms with Crippen LogP contribution < -0.4 is 16.5 Å². The Morgan fingerprint density at radius 3 is 3.00 bits per heavy atom. The van der Waals surface area contributed by atoms with Crippen molar-refractivity contribution in [1.82, 2.24) is 9.99 Å². The second-order valence-electron chi connectivity index (χ2n) is 2.37. The van der Waals surface area contributed by atoms with Gasteiger partial charge in [0.1, 0.15) is 12.4 Å². The Bertz CT molecular complexity index is 308. The van der Waals surface area contributed by atoms with E-state index in [-0.39, 0.29) is 18.3 Å². The second kappa shape index (κ2) is 2.94. The number of carbonyl (C=O) groups excluding carboxylic acids is 1. The fraction of sp³-hybridized carbons (Fsp3) is 0.167. The number of rotatable bonds is 0. The van der Waals surface area contributed by atoms with Crippen LogP contribution in [-0.2, 0) is 0 Å². The number of nitrogens with one attached hydrogen (secondary N) is 2. The molecule has 0 unspecified atom stereocenters. The molecule has 0 aliphatic carbocycles. The molecule has 4 N–H and O–H groups in total. The third-order valence-corrected chi connectivity index (χ3v) is 1.57. The maximum atomic E-state index is 11.1. The van der Waals surface area contributed by atoms with E-state index in [0.29, 0.717) is 18.1 Å². The van der Waals surface area contributed by atoms with E-state index in [9.17, 15) is 4.79 Å². The molecule has 1 aromatic rings. The monoisotopic (exact) mass is 188 g/mol. The van der Waals surface area contributed by atoms with Crippen LogP contribution in [0.15, 0.2) is 12.3 Å². The lowest BCUT2D eigenvalue weighted by atomic mass is 10.4. The summed E-state index contributed by atoms with van der Waals surface area (Å²) in [6.45, 7) is 0.444. The molecule has 0 spiro atoms. The lowest BCUT2D eigenvalue weighted by Gasteiger charge is -2.17. The molecule has 0 saturated carbocycles. The number of carbonyl (C=O) groups is 1. The molecular formula is C6H9ClN4O. The Labute approximate surface area is 75.3 Å². The van der Waals surface area contributed by atoms with Crippen LogP contribution >= 0.6 is 12.4 Å². The van der Waals surface area contributed by atoms with Crippen molar-refractivity contribution in [2.75, 3.05) is 17.8 Å². The number of hydrogen-bond donors (Lipinski definition) is 3. The molecule has 2 rings (SSSR count). The van der Waals surface area contributed by atoms with Crippen LogP contribution in [0, 0.1) is 0 Å². The molecule has 0 fully saturated rings. The largest absolute Gasteiger partial charge is 0.397 e. The molecule has 1 aliphatic heterocycles. The number of halogens is 1. The normalized spacial score (nSPS) is 13.8. The minimum Gasteiger partial charge on any atom is -0.397 e. The third-order valence-electron chi connectivity index (χ3n) is 1.57. The van der Waals surface area contributed by atoms with Gasteiger partial charge in [-0.05, 0) is 6.07 Å². The number of anilines is 1. The quantitative estimate of drug-likeness (QED) is 0.525. The van der Waals surface area contributed by atoms with Crippen molar-refractivity contribution in [2.24, 2.45) is 0 Å². The standard InChI is InChI=1S/C6H8N4O.ClH/c7-4-1-5-6(11)8-3-9-10(5)2-4;/h1-2,9H,3,7H2,(H,8,11);1H. The summed E-state index contributed by atoms with van der Waals surface area (Å²) in [6.07, 6.45) is 1.67. The SMILES string of the molecule is Cl.Nc1cc2n(c1)NCNC2=O. The van der Waals surface area contributed by atoms with Crippen molar-refractivity contribution >= 4 is 24.0 Å². The Kier molecular flexibility index (Phi) is 2.14. The van der Waals surface area contributed by atoms with E-state index in [2.05, 4.69) is 10.7 Å². The first-order valence-electron chi connectivity index (χ1n) is 3.27. The molecular weight excluding hydrogens is 180 g/mol. The summed E-state index contributed by atoms with van der Waals surface area (Å²) in [5, 5.41) is 2.63. The number of aromatic nitrogens is 1. The van der Waals surface area contributed by atoms with E-state index >= 15 is 0 Å². The topological polar surface area (TPSA) is 72.1 Å². The number of nitrogen functional groups attached to an aromatic ring is 1. The van der Waals surface area contributed by atoms with Crippen LogP contribution in [0.25, 0.3) is 0 Å². The maximum Gasteiger partial charge on any atom is 0.271 e. The average molecular weight is 189 g/mol. The predicted molar refractivity (Wildman–Crippen MR) is 47.8 cm³/mol. The Morgan fingerprint density at radius 2 is 2.33 bits per heavy atom. The van der Waals surface area contributed by atoms with Gasteiger partial charge in [0, 0.05) is 6.20 Å². The van der Waals surface area contributed by atoms with Crippen LogP contribution in [0.5, 0.6) is 0 Å². The molecule has 0 atom stereocenters. The fourth-order valence-electron chi connectivity index (χ4n) is 1.08. The zero-order valence-corrected chi connectivity index (χ0v) is 7.02. The zero-order chi connectivity index (χ0) is 7.84. The van der Waals surface area contributed by atoms with Crippen molar-refractivity contribution in [2.45, 2.75) is 0 Å². The number of nitrogens with zero attached hydrogens (tertiary/aromatic N) is 1. The van der Waals surface area contributed by atoms with E-state index in [0.717, 1.165) is 0 Å². The molecule has 12 heavy (non-hydrogen) atoms. The highest BCUT2D eigenvalue weighted by molar-refractivity contribution is 5.94. The van der Waals surface area contributed by atoms with Gasteiger partial charge in [0.15, 0.2) is 0 Å². The van der Waals surface area contributed by atoms with Gasteiger partial charge in [0.05, 0.1) is 5.69 Å². The van der Waals surface area contributed by atoms with Gasteiger partial charge >= 0.3 is 0 Å². The lowest BCUT2D eigenvalue weighted by Crippen LogP contribution is -2.40. The summed E-state index contributed by atoms with van der Waals surface area (Å²) in [5.74, 6) is -0.0968. The molecule has 0 aromatic carbocycles. The highest BCUT2D eigenvalue weighted by Crippen LogP contribution is 2.09. The summed E-state index contributed by atoms with van der Waals surface area (Å²) in [6, 6.07) is 1.63. The Morgan fingerprint density at radius 1 is 1.58 bits per heavy atom. The Balaban J connectivity index is 0.000000720. The minimum atomic E-state index is -0.0968. The molecule has 1 aliphatic rings. The molecule has 1 amide bonds. The van der Waals surface area contributed by atoms with Crippen LogP contribution in [0.4, 0.5) is 5.69 Å². The molecule has 5 nitrogen and oxygen atoms in total. The van der Waals surface area contributed by atoms with Crippen molar-refractivity contribution in [1.29, 1.82) is 0 Å².